The largest absolute Gasteiger partial charge is 0.424 e. The number of hydrogen-bond acceptors (Lipinski definition) is 5. The summed E-state index contributed by atoms with van der Waals surface area (Å²) in [5.41, 5.74) is 1.60. The topological polar surface area (TPSA) is 73.3 Å². The maximum atomic E-state index is 11.6. The van der Waals surface area contributed by atoms with Gasteiger partial charge in [0.2, 0.25) is 0 Å². The summed E-state index contributed by atoms with van der Waals surface area (Å²) >= 11 is 6.19. The third kappa shape index (κ3) is 3.64. The molecule has 0 N–H and O–H groups in total. The molecule has 0 saturated heterocycles. The second-order valence-electron chi connectivity index (χ2n) is 4.81. The number of nitrogens with zero attached hydrogens (tertiary/aromatic N) is 1. The lowest BCUT2D eigenvalue weighted by Gasteiger charge is -2.11. The summed E-state index contributed by atoms with van der Waals surface area (Å²) in [6.45, 7) is 3.08. The molecule has 0 atom stereocenters. The third-order valence-electron chi connectivity index (χ3n) is 2.87. The summed E-state index contributed by atoms with van der Waals surface area (Å²) in [5, 5.41) is 0.217. The van der Waals surface area contributed by atoms with Crippen LogP contribution in [0.25, 0.3) is 11.3 Å². The molecule has 1 heterocycles. The first kappa shape index (κ1) is 16.5. The summed E-state index contributed by atoms with van der Waals surface area (Å²) in [6.07, 6.45) is 1.10. The molecule has 0 spiro atoms. The lowest BCUT2D eigenvalue weighted by Crippen LogP contribution is -2.04. The molecule has 0 amide bonds. The van der Waals surface area contributed by atoms with Crippen LogP contribution in [-0.4, -0.2) is 25.6 Å². The van der Waals surface area contributed by atoms with Gasteiger partial charge < -0.3 is 4.74 Å². The molecule has 2 aromatic rings. The van der Waals surface area contributed by atoms with Gasteiger partial charge in [0.25, 0.3) is 0 Å². The van der Waals surface area contributed by atoms with Gasteiger partial charge in [0.05, 0.1) is 9.92 Å². The van der Waals surface area contributed by atoms with Gasteiger partial charge in [-0.3, -0.25) is 4.79 Å². The summed E-state index contributed by atoms with van der Waals surface area (Å²) in [6, 6.07) is 7.68. The van der Waals surface area contributed by atoms with Crippen molar-refractivity contribution >= 4 is 27.4 Å². The van der Waals surface area contributed by atoms with E-state index in [0.717, 1.165) is 6.26 Å². The number of benzene rings is 1. The van der Waals surface area contributed by atoms with E-state index < -0.39 is 15.8 Å². The molecule has 0 fully saturated rings. The second kappa shape index (κ2) is 6.06. The normalized spacial score (nSPS) is 11.3. The molecule has 0 bridgehead atoms. The SMILES string of the molecule is CC(=O)Oc1ccc(C)nc1-c1ccc(S(C)(=O)=O)cc1Cl. The Balaban J connectivity index is 2.61. The van der Waals surface area contributed by atoms with Gasteiger partial charge in [0.1, 0.15) is 5.69 Å². The van der Waals surface area contributed by atoms with E-state index in [2.05, 4.69) is 4.98 Å². The quantitative estimate of drug-likeness (QED) is 0.803. The standard InChI is InChI=1S/C15H14ClNO4S/c1-9-4-7-14(21-10(2)18)15(17-9)12-6-5-11(8-13(12)16)22(3,19)20/h4-8H,1-3H3. The van der Waals surface area contributed by atoms with Crippen LogP contribution in [0.5, 0.6) is 5.75 Å². The molecule has 116 valence electrons. The molecular weight excluding hydrogens is 326 g/mol. The fraction of sp³-hybridized carbons (Fsp3) is 0.200. The summed E-state index contributed by atoms with van der Waals surface area (Å²) in [4.78, 5) is 15.6. The zero-order valence-corrected chi connectivity index (χ0v) is 13.8. The van der Waals surface area contributed by atoms with Crippen molar-refractivity contribution in [2.75, 3.05) is 6.26 Å². The van der Waals surface area contributed by atoms with Gasteiger partial charge >= 0.3 is 5.97 Å². The van der Waals surface area contributed by atoms with Crippen LogP contribution in [-0.2, 0) is 14.6 Å². The Kier molecular flexibility index (Phi) is 4.53. The van der Waals surface area contributed by atoms with Crippen LogP contribution < -0.4 is 4.74 Å². The van der Waals surface area contributed by atoms with E-state index in [0.29, 0.717) is 17.0 Å². The molecule has 0 saturated carbocycles. The number of esters is 1. The van der Waals surface area contributed by atoms with Crippen LogP contribution in [0.3, 0.4) is 0 Å². The number of halogens is 1. The number of ether oxygens (including phenoxy) is 1. The third-order valence-corrected chi connectivity index (χ3v) is 4.30. The number of pyridine rings is 1. The maximum absolute atomic E-state index is 11.6. The molecule has 1 aromatic heterocycles. The van der Waals surface area contributed by atoms with Gasteiger partial charge in [-0.15, -0.1) is 0 Å². The van der Waals surface area contributed by atoms with Crippen molar-refractivity contribution in [1.29, 1.82) is 0 Å². The van der Waals surface area contributed by atoms with Crippen molar-refractivity contribution in [3.05, 3.63) is 41.0 Å². The van der Waals surface area contributed by atoms with Crippen LogP contribution in [0, 0.1) is 6.92 Å². The average molecular weight is 340 g/mol. The van der Waals surface area contributed by atoms with E-state index in [1.54, 1.807) is 25.1 Å². The van der Waals surface area contributed by atoms with Crippen molar-refractivity contribution < 1.29 is 17.9 Å². The average Bonchev–Trinajstić information content (AvgIpc) is 2.39. The van der Waals surface area contributed by atoms with Crippen molar-refractivity contribution in [2.45, 2.75) is 18.7 Å². The smallest absolute Gasteiger partial charge is 0.308 e. The van der Waals surface area contributed by atoms with E-state index in [-0.39, 0.29) is 15.7 Å². The molecule has 0 aliphatic rings. The Morgan fingerprint density at radius 1 is 1.23 bits per heavy atom. The molecule has 7 heteroatoms. The highest BCUT2D eigenvalue weighted by molar-refractivity contribution is 7.90. The number of aryl methyl sites for hydroxylation is 1. The Morgan fingerprint density at radius 2 is 1.91 bits per heavy atom. The number of hydrogen-bond donors (Lipinski definition) is 0. The monoisotopic (exact) mass is 339 g/mol. The van der Waals surface area contributed by atoms with E-state index in [1.165, 1.54) is 19.1 Å². The predicted molar refractivity (Wildman–Crippen MR) is 83.8 cm³/mol. The number of rotatable bonds is 3. The van der Waals surface area contributed by atoms with Gasteiger partial charge in [-0.2, -0.15) is 0 Å². The molecule has 1 aromatic carbocycles. The highest BCUT2D eigenvalue weighted by atomic mass is 35.5. The van der Waals surface area contributed by atoms with Crippen molar-refractivity contribution in [3.8, 4) is 17.0 Å². The fourth-order valence-electron chi connectivity index (χ4n) is 1.89. The van der Waals surface area contributed by atoms with E-state index in [9.17, 15) is 13.2 Å². The van der Waals surface area contributed by atoms with E-state index in [4.69, 9.17) is 16.3 Å². The zero-order chi connectivity index (χ0) is 16.5. The maximum Gasteiger partial charge on any atom is 0.308 e. The summed E-state index contributed by atoms with van der Waals surface area (Å²) in [5.74, 6) is -0.206. The van der Waals surface area contributed by atoms with Crippen molar-refractivity contribution in [3.63, 3.8) is 0 Å². The van der Waals surface area contributed by atoms with Gasteiger partial charge in [-0.05, 0) is 37.3 Å². The van der Waals surface area contributed by atoms with Gasteiger partial charge in [0.15, 0.2) is 15.6 Å². The molecule has 0 unspecified atom stereocenters. The first-order chi connectivity index (χ1) is 10.2. The first-order valence-electron chi connectivity index (χ1n) is 6.34. The Hall–Kier alpha value is -1.92. The molecular formula is C15H14ClNO4S. The molecule has 0 aliphatic heterocycles. The minimum atomic E-state index is -3.35. The fourth-order valence-corrected chi connectivity index (χ4v) is 2.87. The summed E-state index contributed by atoms with van der Waals surface area (Å²) < 4.78 is 28.2. The molecule has 0 aliphatic carbocycles. The minimum Gasteiger partial charge on any atom is -0.424 e. The van der Waals surface area contributed by atoms with E-state index in [1.807, 2.05) is 0 Å². The van der Waals surface area contributed by atoms with Crippen LogP contribution >= 0.6 is 11.6 Å². The Labute approximate surface area is 133 Å². The number of carbonyl (C=O) groups excluding carboxylic acids is 1. The highest BCUT2D eigenvalue weighted by Gasteiger charge is 2.16. The summed E-state index contributed by atoms with van der Waals surface area (Å²) in [7, 11) is -3.35. The van der Waals surface area contributed by atoms with E-state index >= 15 is 0 Å². The highest BCUT2D eigenvalue weighted by Crippen LogP contribution is 2.35. The Bertz CT molecular complexity index is 847. The van der Waals surface area contributed by atoms with Crippen LogP contribution in [0.1, 0.15) is 12.6 Å². The van der Waals surface area contributed by atoms with Crippen LogP contribution in [0.15, 0.2) is 35.2 Å². The van der Waals surface area contributed by atoms with Gasteiger partial charge in [-0.25, -0.2) is 13.4 Å². The van der Waals surface area contributed by atoms with Crippen LogP contribution in [0.2, 0.25) is 5.02 Å². The second-order valence-corrected chi connectivity index (χ2v) is 7.23. The zero-order valence-electron chi connectivity index (χ0n) is 12.3. The number of aromatic nitrogens is 1. The number of sulfone groups is 1. The molecule has 0 radical (unpaired) electrons. The molecule has 5 nitrogen and oxygen atoms in total. The van der Waals surface area contributed by atoms with Gasteiger partial charge in [0, 0.05) is 24.4 Å². The lowest BCUT2D eigenvalue weighted by atomic mass is 10.1. The lowest BCUT2D eigenvalue weighted by molar-refractivity contribution is -0.131. The Morgan fingerprint density at radius 3 is 2.45 bits per heavy atom. The molecule has 2 rings (SSSR count). The first-order valence-corrected chi connectivity index (χ1v) is 8.61. The minimum absolute atomic E-state index is 0.114. The van der Waals surface area contributed by atoms with Crippen molar-refractivity contribution in [1.82, 2.24) is 4.98 Å². The predicted octanol–water partition coefficient (Wildman–Crippen LogP) is 3.04. The molecule has 22 heavy (non-hydrogen) atoms. The number of carbonyl (C=O) groups is 1. The van der Waals surface area contributed by atoms with Crippen LogP contribution in [0.4, 0.5) is 0 Å². The van der Waals surface area contributed by atoms with Gasteiger partial charge in [-0.1, -0.05) is 11.6 Å². The van der Waals surface area contributed by atoms with Crippen molar-refractivity contribution in [2.24, 2.45) is 0 Å².